The van der Waals surface area contributed by atoms with Gasteiger partial charge in [0.2, 0.25) is 5.43 Å². The Bertz CT molecular complexity index is 712. The fourth-order valence-corrected chi connectivity index (χ4v) is 1.54. The molecule has 5 nitrogen and oxygen atoms in total. The van der Waals surface area contributed by atoms with Gasteiger partial charge in [-0.2, -0.15) is 5.10 Å². The number of methoxy groups -OCH3 is 1. The second-order valence-electron chi connectivity index (χ2n) is 3.81. The van der Waals surface area contributed by atoms with Crippen LogP contribution in [0.15, 0.2) is 35.4 Å². The predicted molar refractivity (Wildman–Crippen MR) is 63.0 cm³/mol. The van der Waals surface area contributed by atoms with Crippen LogP contribution in [0.25, 0.3) is 5.69 Å². The Morgan fingerprint density at radius 1 is 1.29 bits per heavy atom. The fraction of sp³-hybridized carbons (Fsp3) is 0.167. The quantitative estimate of drug-likeness (QED) is 0.816. The zero-order chi connectivity index (χ0) is 15.6. The monoisotopic (exact) mass is 304 g/mol. The highest BCUT2D eigenvalue weighted by Crippen LogP contribution is 2.25. The maximum Gasteiger partial charge on any atom is 0.573 e. The third-order valence-electron chi connectivity index (χ3n) is 2.40. The summed E-state index contributed by atoms with van der Waals surface area (Å²) in [6.45, 7) is 0. The summed E-state index contributed by atoms with van der Waals surface area (Å²) >= 11 is 0. The molecule has 1 heterocycles. The molecule has 2 rings (SSSR count). The smallest absolute Gasteiger partial charge is 0.491 e. The molecule has 0 spiro atoms. The molecule has 0 N–H and O–H groups in total. The summed E-state index contributed by atoms with van der Waals surface area (Å²) in [5.74, 6) is -1.79. The van der Waals surface area contributed by atoms with Gasteiger partial charge in [0, 0.05) is 6.07 Å². The minimum absolute atomic E-state index is 0.0833. The Morgan fingerprint density at radius 2 is 2.00 bits per heavy atom. The molecule has 0 aliphatic rings. The normalized spacial score (nSPS) is 11.3. The van der Waals surface area contributed by atoms with Crippen molar-refractivity contribution < 1.29 is 27.0 Å². The van der Waals surface area contributed by atoms with E-state index >= 15 is 0 Å². The lowest BCUT2D eigenvalue weighted by Crippen LogP contribution is -2.17. The summed E-state index contributed by atoms with van der Waals surface area (Å²) in [5.41, 5.74) is -0.672. The highest BCUT2D eigenvalue weighted by atomic mass is 19.4. The van der Waals surface area contributed by atoms with Gasteiger partial charge in [0.15, 0.2) is 11.6 Å². The molecule has 0 bridgehead atoms. The Labute approximate surface area is 115 Å². The number of hydrogen-bond donors (Lipinski definition) is 0. The van der Waals surface area contributed by atoms with Crippen molar-refractivity contribution in [3.05, 3.63) is 46.6 Å². The van der Waals surface area contributed by atoms with Gasteiger partial charge < -0.3 is 9.47 Å². The minimum atomic E-state index is -4.91. The fourth-order valence-electron chi connectivity index (χ4n) is 1.54. The standard InChI is InChI=1S/C12H8F4N2O3/c1-20-11-6-18(17-5-10(11)19)9-3-2-7(4-8(9)13)21-12(14,15)16/h2-6H,1H3. The third-order valence-corrected chi connectivity index (χ3v) is 2.40. The van der Waals surface area contributed by atoms with Gasteiger partial charge in [-0.05, 0) is 12.1 Å². The average Bonchev–Trinajstić information content (AvgIpc) is 2.38. The molecule has 21 heavy (non-hydrogen) atoms. The van der Waals surface area contributed by atoms with Crippen LogP contribution in [-0.4, -0.2) is 23.3 Å². The lowest BCUT2D eigenvalue weighted by Gasteiger charge is -2.11. The molecule has 0 radical (unpaired) electrons. The van der Waals surface area contributed by atoms with Crippen molar-refractivity contribution in [3.8, 4) is 17.2 Å². The molecule has 112 valence electrons. The van der Waals surface area contributed by atoms with E-state index in [9.17, 15) is 22.4 Å². The summed E-state index contributed by atoms with van der Waals surface area (Å²) in [5, 5.41) is 3.64. The zero-order valence-electron chi connectivity index (χ0n) is 10.5. The van der Waals surface area contributed by atoms with Crippen LogP contribution in [0, 0.1) is 5.82 Å². The molecule has 2 aromatic rings. The summed E-state index contributed by atoms with van der Waals surface area (Å²) in [6.07, 6.45) is -2.89. The summed E-state index contributed by atoms with van der Waals surface area (Å²) in [6, 6.07) is 2.53. The van der Waals surface area contributed by atoms with Crippen molar-refractivity contribution in [1.29, 1.82) is 0 Å². The van der Waals surface area contributed by atoms with Crippen molar-refractivity contribution in [1.82, 2.24) is 9.78 Å². The van der Waals surface area contributed by atoms with Crippen LogP contribution in [0.3, 0.4) is 0 Å². The third kappa shape index (κ3) is 3.50. The zero-order valence-corrected chi connectivity index (χ0v) is 10.5. The van der Waals surface area contributed by atoms with Gasteiger partial charge in [0.25, 0.3) is 0 Å². The Balaban J connectivity index is 2.39. The first kappa shape index (κ1) is 14.8. The van der Waals surface area contributed by atoms with Crippen LogP contribution >= 0.6 is 0 Å². The molecule has 0 unspecified atom stereocenters. The number of hydrogen-bond acceptors (Lipinski definition) is 4. The van der Waals surface area contributed by atoms with Crippen LogP contribution in [-0.2, 0) is 0 Å². The number of alkyl halides is 3. The highest BCUT2D eigenvalue weighted by Gasteiger charge is 2.31. The van der Waals surface area contributed by atoms with Gasteiger partial charge in [-0.3, -0.25) is 4.79 Å². The van der Waals surface area contributed by atoms with Crippen molar-refractivity contribution in [2.24, 2.45) is 0 Å². The van der Waals surface area contributed by atoms with E-state index in [0.29, 0.717) is 6.07 Å². The lowest BCUT2D eigenvalue weighted by molar-refractivity contribution is -0.274. The average molecular weight is 304 g/mol. The van der Waals surface area contributed by atoms with Gasteiger partial charge in [-0.1, -0.05) is 0 Å². The molecule has 1 aromatic carbocycles. The van der Waals surface area contributed by atoms with Crippen LogP contribution in [0.4, 0.5) is 17.6 Å². The highest BCUT2D eigenvalue weighted by molar-refractivity contribution is 5.39. The van der Waals surface area contributed by atoms with Crippen LogP contribution in [0.2, 0.25) is 0 Å². The molecule has 1 aromatic heterocycles. The lowest BCUT2D eigenvalue weighted by atomic mass is 10.3. The molecular formula is C12H8F4N2O3. The van der Waals surface area contributed by atoms with Gasteiger partial charge in [-0.15, -0.1) is 13.2 Å². The van der Waals surface area contributed by atoms with E-state index in [-0.39, 0.29) is 11.4 Å². The number of aromatic nitrogens is 2. The van der Waals surface area contributed by atoms with Gasteiger partial charge in [-0.25, -0.2) is 9.07 Å². The maximum absolute atomic E-state index is 13.8. The number of ether oxygens (including phenoxy) is 2. The van der Waals surface area contributed by atoms with E-state index in [4.69, 9.17) is 4.74 Å². The molecule has 0 fully saturated rings. The van der Waals surface area contributed by atoms with E-state index in [1.54, 1.807) is 0 Å². The van der Waals surface area contributed by atoms with Crippen molar-refractivity contribution in [3.63, 3.8) is 0 Å². The number of rotatable bonds is 3. The Kier molecular flexibility index (Phi) is 3.83. The van der Waals surface area contributed by atoms with E-state index in [1.165, 1.54) is 7.11 Å². The molecule has 0 saturated carbocycles. The molecule has 0 atom stereocenters. The second-order valence-corrected chi connectivity index (χ2v) is 3.81. The Hall–Kier alpha value is -2.58. The molecule has 0 aliphatic carbocycles. The van der Waals surface area contributed by atoms with Crippen molar-refractivity contribution >= 4 is 0 Å². The van der Waals surface area contributed by atoms with Crippen LogP contribution in [0.5, 0.6) is 11.5 Å². The summed E-state index contributed by atoms with van der Waals surface area (Å²) in [4.78, 5) is 11.3. The first-order valence-electron chi connectivity index (χ1n) is 5.49. The van der Waals surface area contributed by atoms with Gasteiger partial charge in [0.05, 0.1) is 19.5 Å². The maximum atomic E-state index is 13.8. The molecule has 0 aliphatic heterocycles. The number of benzene rings is 1. The largest absolute Gasteiger partial charge is 0.573 e. The minimum Gasteiger partial charge on any atom is -0.491 e. The van der Waals surface area contributed by atoms with Crippen LogP contribution < -0.4 is 14.9 Å². The van der Waals surface area contributed by atoms with Crippen LogP contribution in [0.1, 0.15) is 0 Å². The predicted octanol–water partition coefficient (Wildman–Crippen LogP) is 2.28. The molecule has 0 saturated heterocycles. The molecule has 0 amide bonds. The first-order chi connectivity index (χ1) is 9.80. The summed E-state index contributed by atoms with van der Waals surface area (Å²) in [7, 11) is 1.25. The van der Waals surface area contributed by atoms with Crippen molar-refractivity contribution in [2.45, 2.75) is 6.36 Å². The summed E-state index contributed by atoms with van der Waals surface area (Å²) < 4.78 is 59.2. The number of halogens is 4. The van der Waals surface area contributed by atoms with E-state index < -0.39 is 23.4 Å². The topological polar surface area (TPSA) is 53.4 Å². The number of nitrogens with zero attached hydrogens (tertiary/aromatic N) is 2. The first-order valence-corrected chi connectivity index (χ1v) is 5.49. The van der Waals surface area contributed by atoms with E-state index in [2.05, 4.69) is 9.84 Å². The van der Waals surface area contributed by atoms with Gasteiger partial charge >= 0.3 is 6.36 Å². The molecule has 9 heteroatoms. The second kappa shape index (κ2) is 5.43. The van der Waals surface area contributed by atoms with Crippen molar-refractivity contribution in [2.75, 3.05) is 7.11 Å². The van der Waals surface area contributed by atoms with E-state index in [1.807, 2.05) is 0 Å². The Morgan fingerprint density at radius 3 is 2.57 bits per heavy atom. The van der Waals surface area contributed by atoms with Gasteiger partial charge in [0.1, 0.15) is 11.4 Å². The SMILES string of the molecule is COc1cn(-c2ccc(OC(F)(F)F)cc2F)ncc1=O. The van der Waals surface area contributed by atoms with E-state index in [0.717, 1.165) is 29.2 Å². The molecular weight excluding hydrogens is 296 g/mol.